The predicted molar refractivity (Wildman–Crippen MR) is 92.8 cm³/mol. The normalized spacial score (nSPS) is 12.5. The first-order valence-corrected chi connectivity index (χ1v) is 8.17. The SMILES string of the molecule is O=C1c2ccccc2-c2nc3ncnn3c(-c3cccc(Br)c3)c21. The number of nitrogens with zero attached hydrogens (tertiary/aromatic N) is 4. The van der Waals surface area contributed by atoms with Gasteiger partial charge in [-0.05, 0) is 12.1 Å². The lowest BCUT2D eigenvalue weighted by atomic mass is 10.0. The summed E-state index contributed by atoms with van der Waals surface area (Å²) in [4.78, 5) is 21.8. The van der Waals surface area contributed by atoms with E-state index < -0.39 is 0 Å². The molecular formula is C18H9BrN4O. The minimum absolute atomic E-state index is 0.0273. The first-order valence-electron chi connectivity index (χ1n) is 7.38. The molecule has 0 radical (unpaired) electrons. The van der Waals surface area contributed by atoms with E-state index in [0.717, 1.165) is 21.3 Å². The third kappa shape index (κ3) is 1.74. The van der Waals surface area contributed by atoms with Crippen molar-refractivity contribution in [2.24, 2.45) is 0 Å². The van der Waals surface area contributed by atoms with Crippen LogP contribution >= 0.6 is 15.9 Å². The van der Waals surface area contributed by atoms with Gasteiger partial charge in [-0.15, -0.1) is 0 Å². The molecule has 0 fully saturated rings. The van der Waals surface area contributed by atoms with Crippen molar-refractivity contribution in [2.45, 2.75) is 0 Å². The quantitative estimate of drug-likeness (QED) is 0.446. The van der Waals surface area contributed by atoms with Gasteiger partial charge in [0.25, 0.3) is 5.78 Å². The van der Waals surface area contributed by atoms with Gasteiger partial charge in [0.15, 0.2) is 5.78 Å². The summed E-state index contributed by atoms with van der Waals surface area (Å²) in [6.07, 6.45) is 1.45. The molecule has 0 spiro atoms. The van der Waals surface area contributed by atoms with Gasteiger partial charge in [0.05, 0.1) is 17.0 Å². The molecule has 0 bridgehead atoms. The maximum absolute atomic E-state index is 13.0. The van der Waals surface area contributed by atoms with Gasteiger partial charge in [-0.2, -0.15) is 14.6 Å². The summed E-state index contributed by atoms with van der Waals surface area (Å²) in [7, 11) is 0. The number of benzene rings is 2. The fourth-order valence-corrected chi connectivity index (χ4v) is 3.58. The first kappa shape index (κ1) is 13.6. The second-order valence-corrected chi connectivity index (χ2v) is 6.46. The summed E-state index contributed by atoms with van der Waals surface area (Å²) in [5.74, 6) is 0.453. The topological polar surface area (TPSA) is 60.2 Å². The van der Waals surface area contributed by atoms with E-state index in [-0.39, 0.29) is 5.78 Å². The molecule has 4 aromatic rings. The average molecular weight is 377 g/mol. The van der Waals surface area contributed by atoms with E-state index in [0.29, 0.717) is 22.6 Å². The van der Waals surface area contributed by atoms with E-state index in [2.05, 4.69) is 31.0 Å². The Morgan fingerprint density at radius 2 is 1.83 bits per heavy atom. The predicted octanol–water partition coefficient (Wildman–Crippen LogP) is 3.77. The van der Waals surface area contributed by atoms with E-state index in [9.17, 15) is 4.79 Å². The number of aromatic nitrogens is 4. The van der Waals surface area contributed by atoms with E-state index in [1.807, 2.05) is 48.5 Å². The zero-order valence-electron chi connectivity index (χ0n) is 12.3. The van der Waals surface area contributed by atoms with Crippen molar-refractivity contribution >= 4 is 27.5 Å². The summed E-state index contributed by atoms with van der Waals surface area (Å²) in [5.41, 5.74) is 4.37. The van der Waals surface area contributed by atoms with Crippen LogP contribution in [0.1, 0.15) is 15.9 Å². The molecule has 114 valence electrons. The number of carbonyl (C=O) groups excluding carboxylic acids is 1. The Kier molecular flexibility index (Phi) is 2.72. The van der Waals surface area contributed by atoms with Crippen LogP contribution in [0.15, 0.2) is 59.3 Å². The van der Waals surface area contributed by atoms with Crippen LogP contribution in [0.4, 0.5) is 0 Å². The second kappa shape index (κ2) is 4.82. The molecule has 6 heteroatoms. The smallest absolute Gasteiger partial charge is 0.253 e. The lowest BCUT2D eigenvalue weighted by Crippen LogP contribution is -2.06. The maximum Gasteiger partial charge on any atom is 0.253 e. The molecule has 5 rings (SSSR count). The molecule has 0 unspecified atom stereocenters. The molecule has 0 amide bonds. The third-order valence-electron chi connectivity index (χ3n) is 4.18. The molecule has 2 aromatic carbocycles. The van der Waals surface area contributed by atoms with Crippen LogP contribution < -0.4 is 0 Å². The molecule has 0 N–H and O–H groups in total. The lowest BCUT2D eigenvalue weighted by Gasteiger charge is -2.10. The van der Waals surface area contributed by atoms with Crippen LogP contribution in [0.5, 0.6) is 0 Å². The van der Waals surface area contributed by atoms with Crippen molar-refractivity contribution < 1.29 is 4.79 Å². The number of carbonyl (C=O) groups is 1. The minimum Gasteiger partial charge on any atom is -0.288 e. The van der Waals surface area contributed by atoms with E-state index >= 15 is 0 Å². The average Bonchev–Trinajstić information content (AvgIpc) is 3.17. The van der Waals surface area contributed by atoms with Crippen LogP contribution in [0.2, 0.25) is 0 Å². The Labute approximate surface area is 145 Å². The summed E-state index contributed by atoms with van der Waals surface area (Å²) < 4.78 is 2.56. The van der Waals surface area contributed by atoms with Crippen molar-refractivity contribution in [1.82, 2.24) is 19.6 Å². The number of hydrogen-bond acceptors (Lipinski definition) is 4. The van der Waals surface area contributed by atoms with Crippen molar-refractivity contribution in [1.29, 1.82) is 0 Å². The molecular weight excluding hydrogens is 368 g/mol. The molecule has 1 aliphatic carbocycles. The van der Waals surface area contributed by atoms with Gasteiger partial charge in [0, 0.05) is 21.2 Å². The zero-order chi connectivity index (χ0) is 16.3. The van der Waals surface area contributed by atoms with Crippen molar-refractivity contribution in [3.05, 3.63) is 70.5 Å². The highest BCUT2D eigenvalue weighted by atomic mass is 79.9. The Morgan fingerprint density at radius 3 is 2.67 bits per heavy atom. The largest absolute Gasteiger partial charge is 0.288 e. The fourth-order valence-electron chi connectivity index (χ4n) is 3.18. The zero-order valence-corrected chi connectivity index (χ0v) is 13.9. The van der Waals surface area contributed by atoms with Gasteiger partial charge in [-0.3, -0.25) is 4.79 Å². The van der Waals surface area contributed by atoms with Crippen molar-refractivity contribution in [2.75, 3.05) is 0 Å². The monoisotopic (exact) mass is 376 g/mol. The number of rotatable bonds is 1. The number of halogens is 1. The second-order valence-electron chi connectivity index (χ2n) is 5.54. The molecule has 0 saturated carbocycles. The highest BCUT2D eigenvalue weighted by Gasteiger charge is 2.33. The number of fused-ring (bicyclic) bond motifs is 4. The molecule has 0 saturated heterocycles. The number of hydrogen-bond donors (Lipinski definition) is 0. The van der Waals surface area contributed by atoms with Crippen LogP contribution in [0, 0.1) is 0 Å². The van der Waals surface area contributed by atoms with Gasteiger partial charge in [-0.1, -0.05) is 52.3 Å². The molecule has 0 atom stereocenters. The summed E-state index contributed by atoms with van der Waals surface area (Å²) in [6.45, 7) is 0. The Hall–Kier alpha value is -2.86. The lowest BCUT2D eigenvalue weighted by molar-refractivity contribution is 0.104. The summed E-state index contributed by atoms with van der Waals surface area (Å²) in [5, 5.41) is 4.27. The minimum atomic E-state index is -0.0273. The molecule has 24 heavy (non-hydrogen) atoms. The van der Waals surface area contributed by atoms with Gasteiger partial charge in [0.1, 0.15) is 6.33 Å². The van der Waals surface area contributed by atoms with E-state index in [4.69, 9.17) is 0 Å². The Balaban J connectivity index is 1.95. The van der Waals surface area contributed by atoms with Gasteiger partial charge in [0.2, 0.25) is 0 Å². The Bertz CT molecular complexity index is 1150. The summed E-state index contributed by atoms with van der Waals surface area (Å²) in [6, 6.07) is 15.3. The molecule has 1 aliphatic rings. The third-order valence-corrected chi connectivity index (χ3v) is 4.67. The van der Waals surface area contributed by atoms with Crippen LogP contribution in [-0.4, -0.2) is 25.4 Å². The maximum atomic E-state index is 13.0. The van der Waals surface area contributed by atoms with Crippen LogP contribution in [0.25, 0.3) is 28.3 Å². The van der Waals surface area contributed by atoms with Crippen LogP contribution in [0.3, 0.4) is 0 Å². The Morgan fingerprint density at radius 1 is 1.00 bits per heavy atom. The fraction of sp³-hybridized carbons (Fsp3) is 0. The van der Waals surface area contributed by atoms with Gasteiger partial charge < -0.3 is 0 Å². The molecule has 5 nitrogen and oxygen atoms in total. The van der Waals surface area contributed by atoms with Crippen molar-refractivity contribution in [3.63, 3.8) is 0 Å². The van der Waals surface area contributed by atoms with Gasteiger partial charge >= 0.3 is 0 Å². The molecule has 2 heterocycles. The summed E-state index contributed by atoms with van der Waals surface area (Å²) >= 11 is 3.49. The van der Waals surface area contributed by atoms with Crippen LogP contribution in [-0.2, 0) is 0 Å². The molecule has 0 aliphatic heterocycles. The van der Waals surface area contributed by atoms with Gasteiger partial charge in [-0.25, -0.2) is 4.98 Å². The highest BCUT2D eigenvalue weighted by Crippen LogP contribution is 2.40. The highest BCUT2D eigenvalue weighted by molar-refractivity contribution is 9.10. The number of ketones is 1. The van der Waals surface area contributed by atoms with E-state index in [1.165, 1.54) is 6.33 Å². The standard InChI is InChI=1S/C18H9BrN4O/c19-11-5-3-4-10(8-11)16-14-15(22-18-20-9-21-23(16)18)12-6-1-2-7-13(12)17(14)24/h1-9H. The van der Waals surface area contributed by atoms with Crippen molar-refractivity contribution in [3.8, 4) is 22.5 Å². The molecule has 2 aromatic heterocycles. The van der Waals surface area contributed by atoms with E-state index in [1.54, 1.807) is 4.52 Å². The first-order chi connectivity index (χ1) is 11.7.